The number of ether oxygens (including phenoxy) is 1. The van der Waals surface area contributed by atoms with Crippen LogP contribution in [0.25, 0.3) is 0 Å². The molecule has 3 rings (SSSR count). The first-order valence-electron chi connectivity index (χ1n) is 9.71. The summed E-state index contributed by atoms with van der Waals surface area (Å²) in [5.41, 5.74) is 5.41. The van der Waals surface area contributed by atoms with Gasteiger partial charge in [0, 0.05) is 0 Å². The summed E-state index contributed by atoms with van der Waals surface area (Å²) >= 11 is 1.32. The van der Waals surface area contributed by atoms with Gasteiger partial charge >= 0.3 is 180 Å². The first-order chi connectivity index (χ1) is 13.0. The molecule has 1 unspecified atom stereocenters. The second-order valence-corrected chi connectivity index (χ2v) is 8.38. The van der Waals surface area contributed by atoms with E-state index in [0.29, 0.717) is 11.8 Å². The molecule has 2 aromatic carbocycles. The number of hydrogen-bond donors (Lipinski definition) is 1. The summed E-state index contributed by atoms with van der Waals surface area (Å²) in [6.45, 7) is 11.1. The number of rotatable bonds is 6. The molecule has 4 nitrogen and oxygen atoms in total. The van der Waals surface area contributed by atoms with Crippen molar-refractivity contribution < 1.29 is 29.7 Å². The van der Waals surface area contributed by atoms with Crippen molar-refractivity contribution in [2.45, 2.75) is 45.8 Å². The van der Waals surface area contributed by atoms with Gasteiger partial charge in [0.2, 0.25) is 0 Å². The molecule has 2 aromatic rings. The van der Waals surface area contributed by atoms with E-state index in [1.165, 1.54) is 41.8 Å². The summed E-state index contributed by atoms with van der Waals surface area (Å²) in [5, 5.41) is 0. The molecule has 143 valence electrons. The van der Waals surface area contributed by atoms with E-state index >= 15 is 0 Å². The van der Waals surface area contributed by atoms with Gasteiger partial charge in [-0.25, -0.2) is 0 Å². The molecule has 1 atom stereocenters. The molecular weight excluding hydrogens is 413 g/mol. The van der Waals surface area contributed by atoms with Gasteiger partial charge < -0.3 is 0 Å². The van der Waals surface area contributed by atoms with Gasteiger partial charge in [0.25, 0.3) is 0 Å². The molecule has 1 aliphatic rings. The van der Waals surface area contributed by atoms with Crippen molar-refractivity contribution in [2.24, 2.45) is 0 Å². The van der Waals surface area contributed by atoms with Crippen LogP contribution < -0.4 is 17.8 Å². The molecule has 5 heteroatoms. The molecule has 0 aromatic heterocycles. The predicted molar refractivity (Wildman–Crippen MR) is 109 cm³/mol. The average molecular weight is 444 g/mol. The van der Waals surface area contributed by atoms with Crippen molar-refractivity contribution in [3.05, 3.63) is 53.6 Å². The van der Waals surface area contributed by atoms with Gasteiger partial charge in [0.15, 0.2) is 0 Å². The number of methoxy groups -OCH3 is 1. The molecule has 0 spiro atoms. The van der Waals surface area contributed by atoms with Crippen LogP contribution in [0.4, 0.5) is 11.4 Å². The number of para-hydroxylation sites is 3. The number of nitrogens with one attached hydrogen (secondary N) is 1. The quantitative estimate of drug-likeness (QED) is 0.706. The van der Waals surface area contributed by atoms with Crippen molar-refractivity contribution in [1.82, 2.24) is 3.26 Å². The van der Waals surface area contributed by atoms with Crippen LogP contribution in [0.1, 0.15) is 50.7 Å². The van der Waals surface area contributed by atoms with Gasteiger partial charge in [-0.1, -0.05) is 0 Å². The SMILES string of the molecule is COc1ccccc1N1CCN(c2c(C(C)C)cccc2C(C)C)C1[NH][Zr]. The summed E-state index contributed by atoms with van der Waals surface area (Å²) in [5.74, 6) is 1.91. The molecule has 0 aliphatic carbocycles. The van der Waals surface area contributed by atoms with Crippen molar-refractivity contribution in [1.29, 1.82) is 0 Å². The molecule has 27 heavy (non-hydrogen) atoms. The number of hydrogen-bond acceptors (Lipinski definition) is 4. The zero-order valence-electron chi connectivity index (χ0n) is 17.0. The zero-order valence-corrected chi connectivity index (χ0v) is 19.4. The molecule has 1 fully saturated rings. The Labute approximate surface area is 179 Å². The summed E-state index contributed by atoms with van der Waals surface area (Å²) in [4.78, 5) is 4.97. The van der Waals surface area contributed by atoms with E-state index in [0.717, 1.165) is 24.5 Å². The van der Waals surface area contributed by atoms with Crippen LogP contribution in [0.2, 0.25) is 0 Å². The second-order valence-electron chi connectivity index (χ2n) is 7.67. The fourth-order valence-corrected chi connectivity index (χ4v) is 4.75. The van der Waals surface area contributed by atoms with E-state index in [1.54, 1.807) is 7.11 Å². The minimum atomic E-state index is 0.136. The Morgan fingerprint density at radius 2 is 1.52 bits per heavy atom. The maximum absolute atomic E-state index is 5.63. The first kappa shape index (κ1) is 20.4. The van der Waals surface area contributed by atoms with Crippen molar-refractivity contribution in [2.75, 3.05) is 30.0 Å². The third-order valence-corrected chi connectivity index (χ3v) is 5.96. The maximum atomic E-state index is 5.63. The average Bonchev–Trinajstić information content (AvgIpc) is 3.10. The van der Waals surface area contributed by atoms with Crippen LogP contribution in [0.15, 0.2) is 42.5 Å². The molecular formula is C22H30N3OZr. The van der Waals surface area contributed by atoms with Crippen LogP contribution in [0, 0.1) is 0 Å². The van der Waals surface area contributed by atoms with Crippen LogP contribution in [-0.4, -0.2) is 26.5 Å². The molecule has 1 saturated heterocycles. The summed E-state index contributed by atoms with van der Waals surface area (Å²) in [6.07, 6.45) is 0.136. The number of nitrogens with zero attached hydrogens (tertiary/aromatic N) is 2. The standard InChI is InChI=1S/C22H30N3O.Zr/c1-15(2)17-9-8-10-18(16(3)4)21(17)25-14-13-24(22(25)23)19-11-6-7-12-20(19)26-5;/h6-12,15-16,22-23H,13-14H2,1-5H3;/q-1;+1. The van der Waals surface area contributed by atoms with Gasteiger partial charge in [-0.2, -0.15) is 0 Å². The molecule has 0 bridgehead atoms. The Balaban J connectivity index is 2.06. The van der Waals surface area contributed by atoms with Gasteiger partial charge in [-0.15, -0.1) is 0 Å². The third-order valence-electron chi connectivity index (χ3n) is 5.33. The van der Waals surface area contributed by atoms with E-state index in [1.807, 2.05) is 12.1 Å². The Morgan fingerprint density at radius 3 is 2.07 bits per heavy atom. The molecule has 1 heterocycles. The monoisotopic (exact) mass is 442 g/mol. The van der Waals surface area contributed by atoms with Gasteiger partial charge in [0.1, 0.15) is 0 Å². The number of anilines is 2. The van der Waals surface area contributed by atoms with Crippen LogP contribution in [-0.2, 0) is 25.0 Å². The first-order valence-corrected chi connectivity index (χ1v) is 10.9. The van der Waals surface area contributed by atoms with Crippen molar-refractivity contribution >= 4 is 11.4 Å². The van der Waals surface area contributed by atoms with E-state index in [9.17, 15) is 0 Å². The van der Waals surface area contributed by atoms with E-state index < -0.39 is 0 Å². The van der Waals surface area contributed by atoms with Gasteiger partial charge in [0.05, 0.1) is 0 Å². The van der Waals surface area contributed by atoms with E-state index in [-0.39, 0.29) is 6.29 Å². The van der Waals surface area contributed by atoms with Crippen molar-refractivity contribution in [3.8, 4) is 5.75 Å². The molecule has 1 N–H and O–H groups in total. The Bertz CT molecular complexity index is 752. The minimum absolute atomic E-state index is 0.136. The third kappa shape index (κ3) is 3.95. The summed E-state index contributed by atoms with van der Waals surface area (Å²) in [7, 11) is 1.75. The van der Waals surface area contributed by atoms with Gasteiger partial charge in [-0.05, 0) is 0 Å². The topological polar surface area (TPSA) is 27.7 Å². The number of benzene rings is 2. The molecule has 0 amide bonds. The van der Waals surface area contributed by atoms with Crippen LogP contribution in [0.5, 0.6) is 5.75 Å². The zero-order chi connectivity index (χ0) is 19.6. The van der Waals surface area contributed by atoms with Crippen LogP contribution in [0.3, 0.4) is 0 Å². The normalized spacial score (nSPS) is 17.2. The van der Waals surface area contributed by atoms with Crippen molar-refractivity contribution in [3.63, 3.8) is 0 Å². The molecule has 1 aliphatic heterocycles. The fourth-order valence-electron chi connectivity index (χ4n) is 3.98. The predicted octanol–water partition coefficient (Wildman–Crippen LogP) is 4.60. The second kappa shape index (κ2) is 8.79. The molecule has 0 radical (unpaired) electrons. The van der Waals surface area contributed by atoms with Gasteiger partial charge in [-0.3, -0.25) is 0 Å². The summed E-state index contributed by atoms with van der Waals surface area (Å²) in [6, 6.07) is 15.1. The van der Waals surface area contributed by atoms with E-state index in [4.69, 9.17) is 4.74 Å². The fraction of sp³-hybridized carbons (Fsp3) is 0.455. The Hall–Kier alpha value is -1.32. The Morgan fingerprint density at radius 1 is 0.926 bits per heavy atom. The summed E-state index contributed by atoms with van der Waals surface area (Å²) < 4.78 is 9.27. The molecule has 0 saturated carbocycles. The van der Waals surface area contributed by atoms with E-state index in [2.05, 4.69) is 71.1 Å². The van der Waals surface area contributed by atoms with Crippen LogP contribution >= 0.6 is 0 Å². The Kier molecular flexibility index (Phi) is 6.65.